The van der Waals surface area contributed by atoms with Crippen LogP contribution in [-0.2, 0) is 5.41 Å². The lowest BCUT2D eigenvalue weighted by molar-refractivity contribution is -0.579. The van der Waals surface area contributed by atoms with Gasteiger partial charge in [-0.05, 0) is 25.0 Å². The highest BCUT2D eigenvalue weighted by molar-refractivity contribution is 5.79. The average Bonchev–Trinajstić information content (AvgIpc) is 2.60. The molecular formula is C12H11F3N2O. The Balaban J connectivity index is 2.23. The van der Waals surface area contributed by atoms with Crippen molar-refractivity contribution in [2.45, 2.75) is 30.9 Å². The number of nitrogens with one attached hydrogen (secondary N) is 1. The number of nitrogens with zero attached hydrogens (tertiary/aromatic N) is 1. The Bertz CT molecular complexity index is 599. The zero-order valence-electron chi connectivity index (χ0n) is 9.42. The van der Waals surface area contributed by atoms with Crippen molar-refractivity contribution in [1.29, 1.82) is 0 Å². The molecule has 0 aromatic carbocycles. The summed E-state index contributed by atoms with van der Waals surface area (Å²) in [5.41, 5.74) is -1.40. The van der Waals surface area contributed by atoms with Crippen LogP contribution in [0.25, 0.3) is 11.0 Å². The van der Waals surface area contributed by atoms with E-state index in [4.69, 9.17) is 0 Å². The van der Waals surface area contributed by atoms with Gasteiger partial charge < -0.3 is 5.21 Å². The molecule has 0 radical (unpaired) electrons. The number of halogens is 3. The lowest BCUT2D eigenvalue weighted by Gasteiger charge is -2.42. The van der Waals surface area contributed by atoms with Gasteiger partial charge in [0.15, 0.2) is 0 Å². The minimum absolute atomic E-state index is 0.0944. The van der Waals surface area contributed by atoms with E-state index in [1.54, 1.807) is 6.07 Å². The number of hydrogen-bond donors (Lipinski definition) is 1. The molecule has 1 aliphatic carbocycles. The first-order chi connectivity index (χ1) is 8.46. The van der Waals surface area contributed by atoms with Gasteiger partial charge >= 0.3 is 6.18 Å². The normalized spacial score (nSPS) is 18.8. The summed E-state index contributed by atoms with van der Waals surface area (Å²) in [6, 6.07) is 3.02. The van der Waals surface area contributed by atoms with Gasteiger partial charge in [-0.1, -0.05) is 6.42 Å². The second kappa shape index (κ2) is 3.40. The van der Waals surface area contributed by atoms with Crippen LogP contribution >= 0.6 is 0 Å². The molecule has 96 valence electrons. The standard InChI is InChI=1S/C12H11F3N2O/c13-12(14,15)11(4-2-5-11)9-7-16-10-8(9)3-1-6-17(10)18/h1,3,6-7,16H,2,4-5H2. The van der Waals surface area contributed by atoms with E-state index in [0.29, 0.717) is 16.5 Å². The zero-order chi connectivity index (χ0) is 13.0. The molecule has 1 aliphatic rings. The van der Waals surface area contributed by atoms with Gasteiger partial charge in [0.25, 0.3) is 5.65 Å². The van der Waals surface area contributed by atoms with Gasteiger partial charge in [-0.2, -0.15) is 13.2 Å². The smallest absolute Gasteiger partial charge is 0.398 e. The molecule has 1 N–H and O–H groups in total. The van der Waals surface area contributed by atoms with E-state index in [2.05, 4.69) is 4.98 Å². The Hall–Kier alpha value is -1.72. The lowest BCUT2D eigenvalue weighted by Crippen LogP contribution is -2.47. The van der Waals surface area contributed by atoms with E-state index < -0.39 is 11.6 Å². The van der Waals surface area contributed by atoms with Crippen LogP contribution in [0.15, 0.2) is 24.5 Å². The van der Waals surface area contributed by atoms with Crippen LogP contribution in [-0.4, -0.2) is 11.2 Å². The summed E-state index contributed by atoms with van der Waals surface area (Å²) >= 11 is 0. The fourth-order valence-corrected chi connectivity index (χ4v) is 2.70. The molecule has 0 aliphatic heterocycles. The summed E-state index contributed by atoms with van der Waals surface area (Å²) in [5.74, 6) is 0. The van der Waals surface area contributed by atoms with Crippen molar-refractivity contribution in [2.75, 3.05) is 0 Å². The molecule has 18 heavy (non-hydrogen) atoms. The molecule has 6 heteroatoms. The third-order valence-corrected chi connectivity index (χ3v) is 3.87. The third-order valence-electron chi connectivity index (χ3n) is 3.87. The molecule has 0 saturated heterocycles. The zero-order valence-corrected chi connectivity index (χ0v) is 9.42. The fourth-order valence-electron chi connectivity index (χ4n) is 2.70. The Morgan fingerprint density at radius 1 is 1.33 bits per heavy atom. The van der Waals surface area contributed by atoms with Crippen LogP contribution < -0.4 is 4.73 Å². The molecule has 2 aromatic rings. The molecule has 0 unspecified atom stereocenters. The molecule has 2 aromatic heterocycles. The van der Waals surface area contributed by atoms with Gasteiger partial charge in [0.2, 0.25) is 0 Å². The number of alkyl halides is 3. The van der Waals surface area contributed by atoms with E-state index in [-0.39, 0.29) is 24.1 Å². The second-order valence-electron chi connectivity index (χ2n) is 4.73. The predicted molar refractivity (Wildman–Crippen MR) is 58.8 cm³/mol. The number of hydrogen-bond acceptors (Lipinski definition) is 1. The molecule has 1 saturated carbocycles. The fraction of sp³-hybridized carbons (Fsp3) is 0.417. The lowest BCUT2D eigenvalue weighted by atomic mass is 9.64. The number of fused-ring (bicyclic) bond motifs is 1. The van der Waals surface area contributed by atoms with Crippen LogP contribution in [0, 0.1) is 5.21 Å². The first-order valence-electron chi connectivity index (χ1n) is 5.72. The van der Waals surface area contributed by atoms with Gasteiger partial charge in [-0.25, -0.2) is 9.71 Å². The third kappa shape index (κ3) is 1.28. The maximum absolute atomic E-state index is 13.2. The topological polar surface area (TPSA) is 42.7 Å². The Morgan fingerprint density at radius 2 is 2.06 bits per heavy atom. The van der Waals surface area contributed by atoms with Gasteiger partial charge in [0.05, 0.1) is 23.2 Å². The van der Waals surface area contributed by atoms with E-state index in [0.717, 1.165) is 0 Å². The highest BCUT2D eigenvalue weighted by atomic mass is 19.4. The molecule has 0 spiro atoms. The number of aromatic amines is 1. The van der Waals surface area contributed by atoms with Gasteiger partial charge in [0.1, 0.15) is 0 Å². The van der Waals surface area contributed by atoms with Gasteiger partial charge in [-0.3, -0.25) is 0 Å². The number of H-pyrrole nitrogens is 1. The highest BCUT2D eigenvalue weighted by Gasteiger charge is 2.60. The Labute approximate surface area is 101 Å². The number of aromatic nitrogens is 2. The molecule has 0 atom stereocenters. The SMILES string of the molecule is [O-][n+]1cccc2c(C3(C(F)(F)F)CCC3)c[nH]c21. The Morgan fingerprint density at radius 3 is 2.61 bits per heavy atom. The van der Waals surface area contributed by atoms with Crippen LogP contribution in [0.3, 0.4) is 0 Å². The number of pyridine rings is 1. The first kappa shape index (κ1) is 11.4. The van der Waals surface area contributed by atoms with E-state index in [1.165, 1.54) is 18.5 Å². The van der Waals surface area contributed by atoms with Crippen molar-refractivity contribution in [3.63, 3.8) is 0 Å². The second-order valence-corrected chi connectivity index (χ2v) is 4.73. The number of rotatable bonds is 1. The minimum atomic E-state index is -4.27. The van der Waals surface area contributed by atoms with Crippen molar-refractivity contribution in [2.24, 2.45) is 0 Å². The van der Waals surface area contributed by atoms with Crippen molar-refractivity contribution in [3.05, 3.63) is 35.3 Å². The quantitative estimate of drug-likeness (QED) is 0.618. The van der Waals surface area contributed by atoms with E-state index >= 15 is 0 Å². The van der Waals surface area contributed by atoms with E-state index in [1.807, 2.05) is 0 Å². The molecular weight excluding hydrogens is 245 g/mol. The largest absolute Gasteiger partial charge is 0.711 e. The first-order valence-corrected chi connectivity index (χ1v) is 5.72. The molecule has 2 heterocycles. The van der Waals surface area contributed by atoms with Crippen molar-refractivity contribution >= 4 is 11.0 Å². The summed E-state index contributed by atoms with van der Waals surface area (Å²) < 4.78 is 40.3. The van der Waals surface area contributed by atoms with Gasteiger partial charge in [-0.15, -0.1) is 0 Å². The van der Waals surface area contributed by atoms with Crippen molar-refractivity contribution < 1.29 is 17.9 Å². The molecule has 0 bridgehead atoms. The molecule has 3 rings (SSSR count). The summed E-state index contributed by atoms with van der Waals surface area (Å²) in [5, 5.41) is 11.8. The molecule has 0 amide bonds. The van der Waals surface area contributed by atoms with Crippen LogP contribution in [0.1, 0.15) is 24.8 Å². The van der Waals surface area contributed by atoms with Crippen LogP contribution in [0.5, 0.6) is 0 Å². The molecule has 3 nitrogen and oxygen atoms in total. The monoisotopic (exact) mass is 256 g/mol. The van der Waals surface area contributed by atoms with Crippen molar-refractivity contribution in [1.82, 2.24) is 4.98 Å². The maximum atomic E-state index is 13.2. The summed E-state index contributed by atoms with van der Waals surface area (Å²) in [4.78, 5) is 2.65. The highest BCUT2D eigenvalue weighted by Crippen LogP contribution is 2.55. The summed E-state index contributed by atoms with van der Waals surface area (Å²) in [7, 11) is 0. The van der Waals surface area contributed by atoms with Crippen LogP contribution in [0.4, 0.5) is 13.2 Å². The van der Waals surface area contributed by atoms with Gasteiger partial charge in [0, 0.05) is 5.56 Å². The average molecular weight is 256 g/mol. The minimum Gasteiger partial charge on any atom is -0.711 e. The maximum Gasteiger partial charge on any atom is 0.398 e. The molecule has 1 fully saturated rings. The van der Waals surface area contributed by atoms with E-state index in [9.17, 15) is 18.4 Å². The van der Waals surface area contributed by atoms with Crippen molar-refractivity contribution in [3.8, 4) is 0 Å². The summed E-state index contributed by atoms with van der Waals surface area (Å²) in [6.07, 6.45) is -0.926. The predicted octanol–water partition coefficient (Wildman–Crippen LogP) is 2.79. The summed E-state index contributed by atoms with van der Waals surface area (Å²) in [6.45, 7) is 0. The van der Waals surface area contributed by atoms with Crippen LogP contribution in [0.2, 0.25) is 0 Å². The Kier molecular flexibility index (Phi) is 2.15.